The first-order chi connectivity index (χ1) is 15.0. The normalized spacial score (nSPS) is 10.1. The van der Waals surface area contributed by atoms with Gasteiger partial charge < -0.3 is 19.2 Å². The molecular weight excluding hydrogens is 470 g/mol. The van der Waals surface area contributed by atoms with Crippen molar-refractivity contribution in [3.05, 3.63) is 76.7 Å². The van der Waals surface area contributed by atoms with Crippen molar-refractivity contribution in [3.63, 3.8) is 0 Å². The molecule has 0 saturated carbocycles. The number of methoxy groups -OCH3 is 1. The van der Waals surface area contributed by atoms with Gasteiger partial charge in [0.15, 0.2) is 23.9 Å². The van der Waals surface area contributed by atoms with Crippen LogP contribution >= 0.6 is 15.9 Å². The first-order valence-electron chi connectivity index (χ1n) is 8.96. The van der Waals surface area contributed by atoms with Crippen molar-refractivity contribution < 1.29 is 28.3 Å². The Morgan fingerprint density at radius 2 is 1.71 bits per heavy atom. The van der Waals surface area contributed by atoms with Gasteiger partial charge in [-0.1, -0.05) is 15.9 Å². The number of benzene rings is 2. The molecule has 0 fully saturated rings. The van der Waals surface area contributed by atoms with E-state index < -0.39 is 11.8 Å². The lowest BCUT2D eigenvalue weighted by molar-refractivity contribution is -0.118. The summed E-state index contributed by atoms with van der Waals surface area (Å²) in [5.74, 6) is -0.930. The summed E-state index contributed by atoms with van der Waals surface area (Å²) >= 11 is 3.33. The molecule has 0 saturated heterocycles. The van der Waals surface area contributed by atoms with Crippen molar-refractivity contribution in [2.45, 2.75) is 0 Å². The van der Waals surface area contributed by atoms with Gasteiger partial charge in [0.1, 0.15) is 0 Å². The minimum Gasteiger partial charge on any atom is -0.493 e. The first-order valence-corrected chi connectivity index (χ1v) is 9.76. The second-order valence-electron chi connectivity index (χ2n) is 6.09. The van der Waals surface area contributed by atoms with Crippen LogP contribution in [0.4, 0.5) is 5.69 Å². The van der Waals surface area contributed by atoms with Crippen molar-refractivity contribution in [2.24, 2.45) is 0 Å². The average Bonchev–Trinajstić information content (AvgIpc) is 3.32. The third-order valence-electron chi connectivity index (χ3n) is 3.95. The number of ether oxygens (including phenoxy) is 2. The second-order valence-corrected chi connectivity index (χ2v) is 7.01. The molecule has 3 N–H and O–H groups in total. The summed E-state index contributed by atoms with van der Waals surface area (Å²) in [7, 11) is 1.41. The highest BCUT2D eigenvalue weighted by Gasteiger charge is 2.14. The summed E-state index contributed by atoms with van der Waals surface area (Å²) < 4.78 is 16.6. The van der Waals surface area contributed by atoms with Gasteiger partial charge in [-0.25, -0.2) is 0 Å². The van der Waals surface area contributed by atoms with E-state index in [0.717, 1.165) is 4.47 Å². The molecule has 0 atom stereocenters. The zero-order valence-corrected chi connectivity index (χ0v) is 17.9. The van der Waals surface area contributed by atoms with Crippen LogP contribution in [0.3, 0.4) is 0 Å². The number of carbonyl (C=O) groups is 3. The van der Waals surface area contributed by atoms with Gasteiger partial charge in [-0.2, -0.15) is 0 Å². The maximum Gasteiger partial charge on any atom is 0.305 e. The molecule has 2 aromatic carbocycles. The monoisotopic (exact) mass is 487 g/mol. The van der Waals surface area contributed by atoms with E-state index >= 15 is 0 Å². The summed E-state index contributed by atoms with van der Waals surface area (Å²) in [6.07, 6.45) is 1.35. The standard InChI is InChI=1S/C21H18BrN3O6/c1-29-18-11-13(20(27)24-25-21(28)17-3-2-10-30-17)4-9-16(18)31-12-19(26)23-15-7-5-14(22)6-8-15/h2-11H,12H2,1H3,(H,23,26)(H,24,27)(H,25,28). The van der Waals surface area contributed by atoms with Gasteiger partial charge in [0.05, 0.1) is 13.4 Å². The zero-order chi connectivity index (χ0) is 22.2. The van der Waals surface area contributed by atoms with E-state index in [4.69, 9.17) is 13.9 Å². The maximum absolute atomic E-state index is 12.3. The van der Waals surface area contributed by atoms with Gasteiger partial charge in [0.2, 0.25) is 0 Å². The lowest BCUT2D eigenvalue weighted by atomic mass is 10.2. The van der Waals surface area contributed by atoms with Crippen LogP contribution in [-0.4, -0.2) is 31.4 Å². The molecule has 0 aliphatic heterocycles. The van der Waals surface area contributed by atoms with Crippen LogP contribution in [0.2, 0.25) is 0 Å². The van der Waals surface area contributed by atoms with Gasteiger partial charge in [0.25, 0.3) is 11.8 Å². The zero-order valence-electron chi connectivity index (χ0n) is 16.3. The Morgan fingerprint density at radius 1 is 0.968 bits per heavy atom. The molecule has 0 bridgehead atoms. The van der Waals surface area contributed by atoms with Crippen molar-refractivity contribution >= 4 is 39.3 Å². The third-order valence-corrected chi connectivity index (χ3v) is 4.48. The fourth-order valence-corrected chi connectivity index (χ4v) is 2.72. The first kappa shape index (κ1) is 21.9. The van der Waals surface area contributed by atoms with E-state index in [1.54, 1.807) is 30.3 Å². The fraction of sp³-hybridized carbons (Fsp3) is 0.0952. The number of halogens is 1. The Kier molecular flexibility index (Phi) is 7.28. The third kappa shape index (κ3) is 6.09. The molecule has 3 amide bonds. The summed E-state index contributed by atoms with van der Waals surface area (Å²) in [6, 6.07) is 14.5. The maximum atomic E-state index is 12.3. The number of hydrogen-bond donors (Lipinski definition) is 3. The highest BCUT2D eigenvalue weighted by molar-refractivity contribution is 9.10. The van der Waals surface area contributed by atoms with Gasteiger partial charge in [-0.05, 0) is 54.6 Å². The Balaban J connectivity index is 1.56. The lowest BCUT2D eigenvalue weighted by Gasteiger charge is -2.12. The molecule has 0 spiro atoms. The van der Waals surface area contributed by atoms with Crippen LogP contribution in [0.25, 0.3) is 0 Å². The summed E-state index contributed by atoms with van der Waals surface area (Å²) in [4.78, 5) is 36.2. The molecule has 1 heterocycles. The number of rotatable bonds is 7. The van der Waals surface area contributed by atoms with Crippen LogP contribution in [0.5, 0.6) is 11.5 Å². The quantitative estimate of drug-likeness (QED) is 0.440. The van der Waals surface area contributed by atoms with E-state index in [1.165, 1.54) is 37.6 Å². The van der Waals surface area contributed by atoms with E-state index in [9.17, 15) is 14.4 Å². The van der Waals surface area contributed by atoms with Crippen LogP contribution in [0, 0.1) is 0 Å². The number of hydrazine groups is 1. The second kappa shape index (κ2) is 10.3. The predicted molar refractivity (Wildman–Crippen MR) is 115 cm³/mol. The van der Waals surface area contributed by atoms with Gasteiger partial charge >= 0.3 is 5.91 Å². The lowest BCUT2D eigenvalue weighted by Crippen LogP contribution is -2.41. The molecular formula is C21H18BrN3O6. The molecule has 1 aromatic heterocycles. The van der Waals surface area contributed by atoms with Gasteiger partial charge in [-0.15, -0.1) is 0 Å². The average molecular weight is 488 g/mol. The summed E-state index contributed by atoms with van der Waals surface area (Å²) in [6.45, 7) is -0.253. The van der Waals surface area contributed by atoms with Crippen LogP contribution in [0.1, 0.15) is 20.9 Å². The Bertz CT molecular complexity index is 1070. The smallest absolute Gasteiger partial charge is 0.305 e. The summed E-state index contributed by atoms with van der Waals surface area (Å²) in [5.41, 5.74) is 5.36. The molecule has 0 aliphatic carbocycles. The fourth-order valence-electron chi connectivity index (χ4n) is 2.46. The predicted octanol–water partition coefficient (Wildman–Crippen LogP) is 3.14. The van der Waals surface area contributed by atoms with E-state index in [0.29, 0.717) is 5.69 Å². The Labute approximate surface area is 185 Å². The molecule has 10 heteroatoms. The molecule has 0 radical (unpaired) electrons. The molecule has 160 valence electrons. The summed E-state index contributed by atoms with van der Waals surface area (Å²) in [5, 5.41) is 2.71. The van der Waals surface area contributed by atoms with Crippen molar-refractivity contribution in [1.82, 2.24) is 10.9 Å². The van der Waals surface area contributed by atoms with E-state index in [1.807, 2.05) is 0 Å². The van der Waals surface area contributed by atoms with Crippen molar-refractivity contribution in [1.29, 1.82) is 0 Å². The number of hydrogen-bond acceptors (Lipinski definition) is 6. The van der Waals surface area contributed by atoms with Crippen LogP contribution in [0.15, 0.2) is 69.8 Å². The highest BCUT2D eigenvalue weighted by atomic mass is 79.9. The van der Waals surface area contributed by atoms with Gasteiger partial charge in [0, 0.05) is 15.7 Å². The Morgan fingerprint density at radius 3 is 2.39 bits per heavy atom. The molecule has 9 nitrogen and oxygen atoms in total. The number of amides is 3. The molecule has 3 aromatic rings. The number of nitrogens with one attached hydrogen (secondary N) is 3. The topological polar surface area (TPSA) is 119 Å². The minimum atomic E-state index is -0.595. The molecule has 0 aliphatic rings. The van der Waals surface area contributed by atoms with E-state index in [-0.39, 0.29) is 35.3 Å². The molecule has 0 unspecified atom stereocenters. The Hall–Kier alpha value is -3.79. The molecule has 3 rings (SSSR count). The number of furan rings is 1. The largest absolute Gasteiger partial charge is 0.493 e. The van der Waals surface area contributed by atoms with Crippen LogP contribution < -0.4 is 25.6 Å². The minimum absolute atomic E-state index is 0.0584. The van der Waals surface area contributed by atoms with Crippen LogP contribution in [-0.2, 0) is 4.79 Å². The van der Waals surface area contributed by atoms with Gasteiger partial charge in [-0.3, -0.25) is 25.2 Å². The van der Waals surface area contributed by atoms with Crippen molar-refractivity contribution in [2.75, 3.05) is 19.0 Å². The number of anilines is 1. The molecule has 31 heavy (non-hydrogen) atoms. The van der Waals surface area contributed by atoms with Crippen molar-refractivity contribution in [3.8, 4) is 11.5 Å². The SMILES string of the molecule is COc1cc(C(=O)NNC(=O)c2ccco2)ccc1OCC(=O)Nc1ccc(Br)cc1. The number of carbonyl (C=O) groups excluding carboxylic acids is 3. The van der Waals surface area contributed by atoms with E-state index in [2.05, 4.69) is 32.1 Å². The highest BCUT2D eigenvalue weighted by Crippen LogP contribution is 2.28.